The fourth-order valence-electron chi connectivity index (χ4n) is 5.45. The number of piperidine rings is 1. The van der Waals surface area contributed by atoms with E-state index in [-0.39, 0.29) is 23.1 Å². The number of hydrogen-bond acceptors (Lipinski definition) is 7. The molecule has 2 aromatic heterocycles. The molecule has 2 unspecified atom stereocenters. The molecule has 1 saturated heterocycles. The second-order valence-corrected chi connectivity index (χ2v) is 13.4. The second kappa shape index (κ2) is 14.3. The topological polar surface area (TPSA) is 64.9 Å². The molecule has 0 aromatic carbocycles. The van der Waals surface area contributed by atoms with Crippen molar-refractivity contribution in [2.45, 2.75) is 104 Å². The number of aromatic nitrogens is 2. The zero-order valence-corrected chi connectivity index (χ0v) is 26.3. The van der Waals surface area contributed by atoms with Gasteiger partial charge in [-0.1, -0.05) is 53.0 Å². The lowest BCUT2D eigenvalue weighted by Gasteiger charge is -2.31. The molecular formula is C30H44F3N5S2. The lowest BCUT2D eigenvalue weighted by Crippen LogP contribution is -2.36. The lowest BCUT2D eigenvalue weighted by molar-refractivity contribution is -0.137. The van der Waals surface area contributed by atoms with Crippen molar-refractivity contribution in [2.75, 3.05) is 18.4 Å². The summed E-state index contributed by atoms with van der Waals surface area (Å²) in [5, 5.41) is 10.8. The molecule has 0 aliphatic carbocycles. The van der Waals surface area contributed by atoms with Crippen LogP contribution in [-0.2, 0) is 11.6 Å². The quantitative estimate of drug-likeness (QED) is 0.178. The molecule has 0 saturated carbocycles. The van der Waals surface area contributed by atoms with Gasteiger partial charge in [0.2, 0.25) is 5.95 Å². The Labute approximate surface area is 246 Å². The standard InChI is InChI=1S/C30H44F3N5S2/c1-7-10-11-20(4)17-29(6,9-3)27-21(5)16-25(39-27)26-24(30(31,32)33)19-35-28(37-26)36-22-12-14-38(15-13-22)40-23(8-2)18-34/h8,16,18-20,22,34H,7,9-15,17H2,1-6H3,(H,35,36,37)/b23-8+,34-18?. The van der Waals surface area contributed by atoms with E-state index in [1.54, 1.807) is 11.9 Å². The third kappa shape index (κ3) is 8.32. The molecule has 40 heavy (non-hydrogen) atoms. The van der Waals surface area contributed by atoms with E-state index in [9.17, 15) is 13.2 Å². The van der Waals surface area contributed by atoms with E-state index in [0.29, 0.717) is 10.8 Å². The Balaban J connectivity index is 1.85. The molecule has 1 aliphatic rings. The van der Waals surface area contributed by atoms with Gasteiger partial charge in [-0.15, -0.1) is 11.3 Å². The Morgan fingerprint density at radius 1 is 1.30 bits per heavy atom. The normalized spacial score (nSPS) is 18.0. The van der Waals surface area contributed by atoms with Crippen LogP contribution in [0.5, 0.6) is 0 Å². The SMILES string of the molecule is C/C=C(\C=N)SN1CCC(Nc2ncc(C(F)(F)F)c(-c3cc(C)c(C(C)(CC)CC(C)CCCC)s3)n2)CC1. The van der Waals surface area contributed by atoms with E-state index >= 15 is 0 Å². The van der Waals surface area contributed by atoms with Crippen LogP contribution in [0.3, 0.4) is 0 Å². The Bertz CT molecular complexity index is 1150. The first-order chi connectivity index (χ1) is 18.9. The van der Waals surface area contributed by atoms with Crippen LogP contribution in [0.15, 0.2) is 23.2 Å². The largest absolute Gasteiger partial charge is 0.420 e. The van der Waals surface area contributed by atoms with E-state index in [0.717, 1.165) is 60.3 Å². The number of unbranched alkanes of at least 4 members (excludes halogenated alkanes) is 1. The molecule has 0 radical (unpaired) electrons. The van der Waals surface area contributed by atoms with Crippen LogP contribution in [0.4, 0.5) is 19.1 Å². The van der Waals surface area contributed by atoms with Crippen LogP contribution < -0.4 is 5.32 Å². The number of halogens is 3. The number of alkyl halides is 3. The number of hydrogen-bond donors (Lipinski definition) is 2. The van der Waals surface area contributed by atoms with Gasteiger partial charge in [0.25, 0.3) is 0 Å². The molecule has 2 aromatic rings. The first-order valence-electron chi connectivity index (χ1n) is 14.4. The third-order valence-corrected chi connectivity index (χ3v) is 10.6. The van der Waals surface area contributed by atoms with Gasteiger partial charge in [0, 0.05) is 46.7 Å². The van der Waals surface area contributed by atoms with Crippen molar-refractivity contribution in [1.29, 1.82) is 5.41 Å². The summed E-state index contributed by atoms with van der Waals surface area (Å²) in [6.45, 7) is 14.4. The minimum atomic E-state index is -4.55. The molecule has 2 N–H and O–H groups in total. The summed E-state index contributed by atoms with van der Waals surface area (Å²) in [6.07, 6.45) is 6.74. The van der Waals surface area contributed by atoms with Crippen molar-refractivity contribution >= 4 is 35.4 Å². The summed E-state index contributed by atoms with van der Waals surface area (Å²) in [6, 6.07) is 1.95. The zero-order valence-electron chi connectivity index (χ0n) is 24.6. The van der Waals surface area contributed by atoms with Gasteiger partial charge in [0.1, 0.15) is 5.56 Å². The van der Waals surface area contributed by atoms with Gasteiger partial charge < -0.3 is 10.7 Å². The first kappa shape index (κ1) is 32.6. The molecule has 1 fully saturated rings. The number of anilines is 1. The molecule has 1 aliphatic heterocycles. The molecule has 5 nitrogen and oxygen atoms in total. The minimum absolute atomic E-state index is 0.0430. The summed E-state index contributed by atoms with van der Waals surface area (Å²) in [4.78, 5) is 11.2. The van der Waals surface area contributed by atoms with Crippen LogP contribution in [0, 0.1) is 18.3 Å². The molecule has 0 amide bonds. The summed E-state index contributed by atoms with van der Waals surface area (Å²) in [7, 11) is 0. The van der Waals surface area contributed by atoms with Gasteiger partial charge in [0.15, 0.2) is 0 Å². The van der Waals surface area contributed by atoms with Gasteiger partial charge in [-0.2, -0.15) is 13.2 Å². The third-order valence-electron chi connectivity index (χ3n) is 7.87. The summed E-state index contributed by atoms with van der Waals surface area (Å²) >= 11 is 3.02. The van der Waals surface area contributed by atoms with Gasteiger partial charge in [-0.3, -0.25) is 0 Å². The molecule has 3 rings (SSSR count). The van der Waals surface area contributed by atoms with Crippen molar-refractivity contribution in [2.24, 2.45) is 5.92 Å². The number of rotatable bonds is 13. The van der Waals surface area contributed by atoms with Crippen LogP contribution >= 0.6 is 23.3 Å². The Kier molecular flexibility index (Phi) is 11.7. The number of allylic oxidation sites excluding steroid dienone is 2. The molecule has 0 spiro atoms. The van der Waals surface area contributed by atoms with E-state index < -0.39 is 11.7 Å². The van der Waals surface area contributed by atoms with Crippen LogP contribution in [-0.4, -0.2) is 39.6 Å². The fraction of sp³-hybridized carbons (Fsp3) is 0.633. The average Bonchev–Trinajstić information content (AvgIpc) is 3.33. The van der Waals surface area contributed by atoms with Crippen LogP contribution in [0.2, 0.25) is 0 Å². The highest BCUT2D eigenvalue weighted by Crippen LogP contribution is 2.46. The fourth-order valence-corrected chi connectivity index (χ4v) is 7.70. The molecule has 0 bridgehead atoms. The van der Waals surface area contributed by atoms with Gasteiger partial charge in [-0.05, 0) is 69.0 Å². The highest BCUT2D eigenvalue weighted by Gasteiger charge is 2.37. The maximum atomic E-state index is 14.1. The van der Waals surface area contributed by atoms with E-state index in [1.165, 1.54) is 36.8 Å². The highest BCUT2D eigenvalue weighted by atomic mass is 32.2. The van der Waals surface area contributed by atoms with Crippen molar-refractivity contribution in [3.05, 3.63) is 39.2 Å². The Morgan fingerprint density at radius 2 is 2.00 bits per heavy atom. The predicted octanol–water partition coefficient (Wildman–Crippen LogP) is 9.49. The highest BCUT2D eigenvalue weighted by molar-refractivity contribution is 8.01. The number of thiophene rings is 1. The van der Waals surface area contributed by atoms with Crippen molar-refractivity contribution in [3.8, 4) is 10.6 Å². The Hall–Kier alpha value is -1.91. The van der Waals surface area contributed by atoms with Crippen LogP contribution in [0.25, 0.3) is 10.6 Å². The Morgan fingerprint density at radius 3 is 2.58 bits per heavy atom. The van der Waals surface area contributed by atoms with Crippen molar-refractivity contribution in [1.82, 2.24) is 14.3 Å². The van der Waals surface area contributed by atoms with E-state index in [2.05, 4.69) is 47.3 Å². The smallest absolute Gasteiger partial charge is 0.351 e. The summed E-state index contributed by atoms with van der Waals surface area (Å²) in [5.41, 5.74) is 0.0997. The maximum absolute atomic E-state index is 14.1. The number of nitrogens with zero attached hydrogens (tertiary/aromatic N) is 3. The number of nitrogens with one attached hydrogen (secondary N) is 2. The molecule has 3 heterocycles. The monoisotopic (exact) mass is 595 g/mol. The zero-order chi connectivity index (χ0) is 29.5. The second-order valence-electron chi connectivity index (χ2n) is 11.2. The molecule has 10 heteroatoms. The maximum Gasteiger partial charge on any atom is 0.420 e. The molecule has 222 valence electrons. The molecular weight excluding hydrogens is 551 g/mol. The van der Waals surface area contributed by atoms with Gasteiger partial charge in [0.05, 0.1) is 10.6 Å². The van der Waals surface area contributed by atoms with Crippen molar-refractivity contribution < 1.29 is 13.2 Å². The van der Waals surface area contributed by atoms with E-state index in [1.807, 2.05) is 26.0 Å². The predicted molar refractivity (Wildman–Crippen MR) is 164 cm³/mol. The van der Waals surface area contributed by atoms with Gasteiger partial charge >= 0.3 is 6.18 Å². The van der Waals surface area contributed by atoms with Crippen LogP contribution in [0.1, 0.15) is 95.6 Å². The summed E-state index contributed by atoms with van der Waals surface area (Å²) < 4.78 is 44.5. The minimum Gasteiger partial charge on any atom is -0.351 e. The number of aryl methyl sites for hydroxylation is 1. The first-order valence-corrected chi connectivity index (χ1v) is 15.9. The van der Waals surface area contributed by atoms with Gasteiger partial charge in [-0.25, -0.2) is 14.3 Å². The molecule has 2 atom stereocenters. The van der Waals surface area contributed by atoms with E-state index in [4.69, 9.17) is 5.41 Å². The summed E-state index contributed by atoms with van der Waals surface area (Å²) in [5.74, 6) is 0.789. The lowest BCUT2D eigenvalue weighted by atomic mass is 9.76. The van der Waals surface area contributed by atoms with Crippen molar-refractivity contribution in [3.63, 3.8) is 0 Å². The average molecular weight is 596 g/mol.